The van der Waals surface area contributed by atoms with Crippen LogP contribution in [0.25, 0.3) is 0 Å². The first-order chi connectivity index (χ1) is 5.23. The molecule has 0 amide bonds. The molecule has 1 rings (SSSR count). The molecule has 9 heteroatoms. The first-order valence-electron chi connectivity index (χ1n) is 2.47. The van der Waals surface area contributed by atoms with Crippen LogP contribution in [-0.2, 0) is 4.57 Å². The van der Waals surface area contributed by atoms with E-state index in [1.807, 2.05) is 0 Å². The van der Waals surface area contributed by atoms with Crippen LogP contribution in [0.5, 0.6) is 0 Å². The minimum atomic E-state index is -2.85. The van der Waals surface area contributed by atoms with Gasteiger partial charge in [0, 0.05) is 23.1 Å². The fourth-order valence-electron chi connectivity index (χ4n) is 0.454. The fraction of sp³-hybridized carbons (Fsp3) is 0. The molecule has 0 aliphatic heterocycles. The first kappa shape index (κ1) is 9.08. The Bertz CT molecular complexity index is 253. The van der Waals surface area contributed by atoms with Gasteiger partial charge in [-0.3, -0.25) is 14.8 Å². The third-order valence-corrected chi connectivity index (χ3v) is 6.33. The maximum atomic E-state index is 11.5. The molecule has 0 aliphatic rings. The Morgan fingerprint density at radius 3 is 2.45 bits per heavy atom. The van der Waals surface area contributed by atoms with Crippen LogP contribution in [0.2, 0.25) is 0 Å². The predicted octanol–water partition coefficient (Wildman–Crippen LogP) is 0.448. The maximum absolute atomic E-state index is 11.5. The molecule has 62 valence electrons. The van der Waals surface area contributed by atoms with Gasteiger partial charge in [-0.15, -0.1) is 5.10 Å². The smallest absolute Gasteiger partial charge is 0.272 e. The third kappa shape index (κ3) is 1.77. The molecule has 4 N–H and O–H groups in total. The zero-order chi connectivity index (χ0) is 8.32. The SMILES string of the molecule is NSP(=O)(SN)n1ccnn1. The Kier molecular flexibility index (Phi) is 2.97. The van der Waals surface area contributed by atoms with Gasteiger partial charge in [-0.2, -0.15) is 4.45 Å². The van der Waals surface area contributed by atoms with Gasteiger partial charge < -0.3 is 0 Å². The number of aromatic nitrogens is 3. The second kappa shape index (κ2) is 3.59. The highest BCUT2D eigenvalue weighted by Crippen LogP contribution is 2.64. The first-order valence-corrected chi connectivity index (χ1v) is 7.10. The van der Waals surface area contributed by atoms with Crippen molar-refractivity contribution in [1.82, 2.24) is 14.8 Å². The minimum Gasteiger partial charge on any atom is -0.272 e. The summed E-state index contributed by atoms with van der Waals surface area (Å²) < 4.78 is 12.7. The van der Waals surface area contributed by atoms with Gasteiger partial charge in [0.05, 0.1) is 12.4 Å². The second-order valence-electron chi connectivity index (χ2n) is 1.50. The van der Waals surface area contributed by atoms with E-state index in [1.54, 1.807) is 0 Å². The van der Waals surface area contributed by atoms with Crippen molar-refractivity contribution in [2.45, 2.75) is 0 Å². The van der Waals surface area contributed by atoms with Crippen LogP contribution in [0, 0.1) is 0 Å². The second-order valence-corrected chi connectivity index (χ2v) is 8.20. The number of hydrogen-bond acceptors (Lipinski definition) is 7. The topological polar surface area (TPSA) is 99.8 Å². The van der Waals surface area contributed by atoms with E-state index in [9.17, 15) is 4.57 Å². The highest BCUT2D eigenvalue weighted by atomic mass is 33.1. The van der Waals surface area contributed by atoms with Crippen molar-refractivity contribution in [2.75, 3.05) is 0 Å². The van der Waals surface area contributed by atoms with Crippen molar-refractivity contribution in [3.63, 3.8) is 0 Å². The Morgan fingerprint density at radius 2 is 2.09 bits per heavy atom. The number of rotatable bonds is 3. The molecule has 0 atom stereocenters. The predicted molar refractivity (Wildman–Crippen MR) is 46.6 cm³/mol. The number of nitrogens with two attached hydrogens (primary N) is 2. The van der Waals surface area contributed by atoms with Gasteiger partial charge in [-0.1, -0.05) is 5.21 Å². The van der Waals surface area contributed by atoms with Gasteiger partial charge in [0.25, 0.3) is 0 Å². The molecule has 0 fully saturated rings. The van der Waals surface area contributed by atoms with Crippen LogP contribution in [-0.4, -0.2) is 14.8 Å². The van der Waals surface area contributed by atoms with Gasteiger partial charge in [-0.25, -0.2) is 0 Å². The summed E-state index contributed by atoms with van der Waals surface area (Å²) in [6.45, 7) is 0. The van der Waals surface area contributed by atoms with Crippen LogP contribution < -0.4 is 10.3 Å². The van der Waals surface area contributed by atoms with Crippen LogP contribution in [0.3, 0.4) is 0 Å². The Balaban J connectivity index is 2.97. The standard InChI is InChI=1S/C2H6N5OPS2/c3-10-9(8,11-4)7-2-1-5-6-7/h1-2H,3-4H2. The molecule has 0 saturated carbocycles. The van der Waals surface area contributed by atoms with E-state index in [2.05, 4.69) is 10.3 Å². The van der Waals surface area contributed by atoms with Crippen LogP contribution in [0.15, 0.2) is 12.4 Å². The molecular weight excluding hydrogens is 205 g/mol. The molecule has 0 unspecified atom stereocenters. The highest BCUT2D eigenvalue weighted by Gasteiger charge is 2.24. The maximum Gasteiger partial charge on any atom is 0.329 e. The monoisotopic (exact) mass is 211 g/mol. The molecule has 0 radical (unpaired) electrons. The van der Waals surface area contributed by atoms with Crippen molar-refractivity contribution in [1.29, 1.82) is 0 Å². The van der Waals surface area contributed by atoms with Gasteiger partial charge in [-0.05, 0) is 0 Å². The van der Waals surface area contributed by atoms with Crippen molar-refractivity contribution >= 4 is 28.8 Å². The number of hydrogen-bond donors (Lipinski definition) is 2. The Morgan fingerprint density at radius 1 is 1.45 bits per heavy atom. The van der Waals surface area contributed by atoms with Gasteiger partial charge in [0.15, 0.2) is 0 Å². The van der Waals surface area contributed by atoms with Crippen molar-refractivity contribution in [2.24, 2.45) is 10.3 Å². The van der Waals surface area contributed by atoms with E-state index in [0.717, 1.165) is 0 Å². The molecule has 1 aromatic rings. The normalized spacial score (nSPS) is 11.8. The van der Waals surface area contributed by atoms with Gasteiger partial charge >= 0.3 is 5.70 Å². The summed E-state index contributed by atoms with van der Waals surface area (Å²) in [4.78, 5) is 0. The van der Waals surface area contributed by atoms with Crippen LogP contribution in [0.1, 0.15) is 0 Å². The van der Waals surface area contributed by atoms with E-state index in [-0.39, 0.29) is 0 Å². The molecular formula is C2H6N5OPS2. The Hall–Kier alpha value is -0.0100. The van der Waals surface area contributed by atoms with Gasteiger partial charge in [0.2, 0.25) is 0 Å². The lowest BCUT2D eigenvalue weighted by atomic mass is 11.0. The zero-order valence-corrected chi connectivity index (χ0v) is 7.85. The van der Waals surface area contributed by atoms with E-state index >= 15 is 0 Å². The van der Waals surface area contributed by atoms with E-state index in [1.165, 1.54) is 16.8 Å². The third-order valence-electron chi connectivity index (χ3n) is 0.927. The minimum absolute atomic E-state index is 0.684. The summed E-state index contributed by atoms with van der Waals surface area (Å²) >= 11 is 1.37. The summed E-state index contributed by atoms with van der Waals surface area (Å²) in [7, 11) is 0. The lowest BCUT2D eigenvalue weighted by Gasteiger charge is -2.08. The summed E-state index contributed by atoms with van der Waals surface area (Å²) in [5.41, 5.74) is -2.85. The van der Waals surface area contributed by atoms with E-state index in [0.29, 0.717) is 23.1 Å². The zero-order valence-electron chi connectivity index (χ0n) is 5.32. The quantitative estimate of drug-likeness (QED) is 0.553. The highest BCUT2D eigenvalue weighted by molar-refractivity contribution is 8.89. The average Bonchev–Trinajstić information content (AvgIpc) is 2.55. The van der Waals surface area contributed by atoms with Crippen molar-refractivity contribution in [3.05, 3.63) is 12.4 Å². The van der Waals surface area contributed by atoms with Crippen LogP contribution >= 0.6 is 28.8 Å². The van der Waals surface area contributed by atoms with E-state index in [4.69, 9.17) is 10.3 Å². The van der Waals surface area contributed by atoms with Crippen LogP contribution in [0.4, 0.5) is 0 Å². The summed E-state index contributed by atoms with van der Waals surface area (Å²) in [6, 6.07) is 0. The summed E-state index contributed by atoms with van der Waals surface area (Å²) in [5.74, 6) is 0. The molecule has 0 spiro atoms. The van der Waals surface area contributed by atoms with Crippen molar-refractivity contribution in [3.8, 4) is 0 Å². The summed E-state index contributed by atoms with van der Waals surface area (Å²) in [5, 5.41) is 17.4. The largest absolute Gasteiger partial charge is 0.329 e. The number of nitrogens with zero attached hydrogens (tertiary/aromatic N) is 3. The Labute approximate surface area is 71.3 Å². The van der Waals surface area contributed by atoms with Gasteiger partial charge in [0.1, 0.15) is 0 Å². The molecule has 11 heavy (non-hydrogen) atoms. The summed E-state index contributed by atoms with van der Waals surface area (Å²) in [6.07, 6.45) is 2.87. The molecule has 0 aromatic carbocycles. The molecule has 1 heterocycles. The lowest BCUT2D eigenvalue weighted by Crippen LogP contribution is -1.96. The molecule has 0 aliphatic carbocycles. The lowest BCUT2D eigenvalue weighted by molar-refractivity contribution is 0.583. The van der Waals surface area contributed by atoms with E-state index < -0.39 is 5.70 Å². The molecule has 6 nitrogen and oxygen atoms in total. The molecule has 0 bridgehead atoms. The average molecular weight is 211 g/mol. The van der Waals surface area contributed by atoms with Crippen molar-refractivity contribution < 1.29 is 4.57 Å². The molecule has 0 saturated heterocycles. The fourth-order valence-corrected chi connectivity index (χ4v) is 2.76. The molecule has 1 aromatic heterocycles.